The van der Waals surface area contributed by atoms with Crippen LogP contribution >= 0.6 is 0 Å². The van der Waals surface area contributed by atoms with Crippen molar-refractivity contribution in [2.24, 2.45) is 0 Å². The van der Waals surface area contributed by atoms with Gasteiger partial charge in [-0.05, 0) is 62.9 Å². The van der Waals surface area contributed by atoms with Gasteiger partial charge in [0.2, 0.25) is 0 Å². The van der Waals surface area contributed by atoms with E-state index in [1.54, 1.807) is 0 Å². The number of hydrogen-bond acceptors (Lipinski definition) is 4. The molecule has 28 heavy (non-hydrogen) atoms. The van der Waals surface area contributed by atoms with E-state index in [0.717, 1.165) is 27.6 Å². The molecule has 0 unspecified atom stereocenters. The summed E-state index contributed by atoms with van der Waals surface area (Å²) < 4.78 is 11.6. The Morgan fingerprint density at radius 1 is 1.07 bits per heavy atom. The lowest BCUT2D eigenvalue weighted by Crippen LogP contribution is -2.12. The van der Waals surface area contributed by atoms with Crippen molar-refractivity contribution in [1.82, 2.24) is 0 Å². The zero-order valence-electron chi connectivity index (χ0n) is 16.6. The monoisotopic (exact) mass is 380 g/mol. The van der Waals surface area contributed by atoms with E-state index in [2.05, 4.69) is 18.2 Å². The van der Waals surface area contributed by atoms with Gasteiger partial charge in [0.25, 0.3) is 0 Å². The summed E-state index contributed by atoms with van der Waals surface area (Å²) in [5, 5.41) is 9.69. The summed E-state index contributed by atoms with van der Waals surface area (Å²) in [6, 6.07) is 9.98. The molecule has 0 saturated heterocycles. The lowest BCUT2D eigenvalue weighted by molar-refractivity contribution is -0.136. The number of carboxylic acid groups (broad SMARTS) is 1. The molecule has 0 aliphatic heterocycles. The Morgan fingerprint density at radius 2 is 1.82 bits per heavy atom. The van der Waals surface area contributed by atoms with Gasteiger partial charge in [-0.25, -0.2) is 4.79 Å². The van der Waals surface area contributed by atoms with Crippen LogP contribution < -0.4 is 10.4 Å². The molecule has 0 atom stereocenters. The van der Waals surface area contributed by atoms with Gasteiger partial charge in [-0.15, -0.1) is 0 Å². The SMILES string of the molecule is Cc1ccc(C)c(COc2ccc3c(C)c(CCC(=O)O)c(=O)oc3c2C)c1. The molecule has 0 spiro atoms. The Labute approximate surface area is 163 Å². The fourth-order valence-corrected chi connectivity index (χ4v) is 3.36. The van der Waals surface area contributed by atoms with Crippen molar-refractivity contribution in [3.05, 3.63) is 74.1 Å². The third-order valence-corrected chi connectivity index (χ3v) is 5.13. The summed E-state index contributed by atoms with van der Waals surface area (Å²) in [6.45, 7) is 8.21. The predicted octanol–water partition coefficient (Wildman–Crippen LogP) is 4.62. The number of benzene rings is 2. The molecule has 3 aromatic rings. The highest BCUT2D eigenvalue weighted by atomic mass is 16.5. The zero-order valence-corrected chi connectivity index (χ0v) is 16.6. The molecule has 0 saturated carbocycles. The van der Waals surface area contributed by atoms with Crippen LogP contribution in [0.5, 0.6) is 5.75 Å². The van der Waals surface area contributed by atoms with Crippen LogP contribution in [-0.2, 0) is 17.8 Å². The highest BCUT2D eigenvalue weighted by Crippen LogP contribution is 2.30. The molecule has 1 aromatic heterocycles. The van der Waals surface area contributed by atoms with Gasteiger partial charge in [0, 0.05) is 22.9 Å². The number of aryl methyl sites for hydroxylation is 4. The van der Waals surface area contributed by atoms with Crippen LogP contribution in [-0.4, -0.2) is 11.1 Å². The number of hydrogen-bond donors (Lipinski definition) is 1. The van der Waals surface area contributed by atoms with Crippen molar-refractivity contribution in [2.45, 2.75) is 47.1 Å². The van der Waals surface area contributed by atoms with E-state index in [1.807, 2.05) is 39.8 Å². The van der Waals surface area contributed by atoms with E-state index in [9.17, 15) is 9.59 Å². The smallest absolute Gasteiger partial charge is 0.339 e. The average Bonchev–Trinajstić information content (AvgIpc) is 2.64. The maximum atomic E-state index is 12.4. The fraction of sp³-hybridized carbons (Fsp3) is 0.304. The first-order valence-electron chi connectivity index (χ1n) is 9.24. The summed E-state index contributed by atoms with van der Waals surface area (Å²) in [6.07, 6.45) is 0.0521. The minimum atomic E-state index is -0.940. The Balaban J connectivity index is 1.95. The first-order chi connectivity index (χ1) is 13.3. The van der Waals surface area contributed by atoms with Gasteiger partial charge in [-0.1, -0.05) is 23.8 Å². The molecular weight excluding hydrogens is 356 g/mol. The lowest BCUT2D eigenvalue weighted by Gasteiger charge is -2.14. The standard InChI is InChI=1S/C23H24O5/c1-13-5-6-14(2)17(11-13)12-27-20-9-7-18-15(3)19(8-10-21(24)25)23(26)28-22(18)16(20)4/h5-7,9,11H,8,10,12H2,1-4H3,(H,24,25). The van der Waals surface area contributed by atoms with Crippen LogP contribution in [0, 0.1) is 27.7 Å². The molecule has 5 nitrogen and oxygen atoms in total. The number of carbonyl (C=O) groups is 1. The Hall–Kier alpha value is -3.08. The second kappa shape index (κ2) is 7.89. The average molecular weight is 380 g/mol. The normalized spacial score (nSPS) is 11.0. The number of aliphatic carboxylic acids is 1. The number of ether oxygens (including phenoxy) is 1. The summed E-state index contributed by atoms with van der Waals surface area (Å²) in [4.78, 5) is 23.2. The van der Waals surface area contributed by atoms with E-state index in [4.69, 9.17) is 14.3 Å². The van der Waals surface area contributed by atoms with Crippen molar-refractivity contribution in [3.8, 4) is 5.75 Å². The van der Waals surface area contributed by atoms with E-state index >= 15 is 0 Å². The van der Waals surface area contributed by atoms with Gasteiger partial charge in [0.15, 0.2) is 0 Å². The number of fused-ring (bicyclic) bond motifs is 1. The van der Waals surface area contributed by atoms with Crippen LogP contribution in [0.25, 0.3) is 11.0 Å². The number of rotatable bonds is 6. The largest absolute Gasteiger partial charge is 0.488 e. The molecule has 2 aromatic carbocycles. The van der Waals surface area contributed by atoms with E-state index in [-0.39, 0.29) is 12.8 Å². The minimum absolute atomic E-state index is 0.104. The molecule has 0 amide bonds. The molecule has 0 bridgehead atoms. The zero-order chi connectivity index (χ0) is 20.4. The first kappa shape index (κ1) is 19.7. The second-order valence-corrected chi connectivity index (χ2v) is 7.17. The molecule has 1 N–H and O–H groups in total. The van der Waals surface area contributed by atoms with Gasteiger partial charge in [0.1, 0.15) is 17.9 Å². The fourth-order valence-electron chi connectivity index (χ4n) is 3.36. The Kier molecular flexibility index (Phi) is 5.54. The maximum Gasteiger partial charge on any atom is 0.339 e. The van der Waals surface area contributed by atoms with Crippen molar-refractivity contribution >= 4 is 16.9 Å². The summed E-state index contributed by atoms with van der Waals surface area (Å²) in [5.41, 5.74) is 5.38. The summed E-state index contributed by atoms with van der Waals surface area (Å²) >= 11 is 0. The molecule has 0 aliphatic rings. The molecule has 0 radical (unpaired) electrons. The van der Waals surface area contributed by atoms with Crippen LogP contribution in [0.1, 0.15) is 39.8 Å². The van der Waals surface area contributed by atoms with Gasteiger partial charge < -0.3 is 14.3 Å². The van der Waals surface area contributed by atoms with Crippen LogP contribution in [0.3, 0.4) is 0 Å². The molecule has 0 aliphatic carbocycles. The first-order valence-corrected chi connectivity index (χ1v) is 9.24. The summed E-state index contributed by atoms with van der Waals surface area (Å²) in [7, 11) is 0. The minimum Gasteiger partial charge on any atom is -0.488 e. The third-order valence-electron chi connectivity index (χ3n) is 5.13. The van der Waals surface area contributed by atoms with Gasteiger partial charge in [-0.2, -0.15) is 0 Å². The van der Waals surface area contributed by atoms with Crippen LogP contribution in [0.15, 0.2) is 39.5 Å². The van der Waals surface area contributed by atoms with Crippen molar-refractivity contribution in [1.29, 1.82) is 0 Å². The molecule has 0 fully saturated rings. The molecule has 5 heteroatoms. The van der Waals surface area contributed by atoms with Gasteiger partial charge in [0.05, 0.1) is 0 Å². The lowest BCUT2D eigenvalue weighted by atomic mass is 10.0. The molecule has 1 heterocycles. The molecule has 146 valence electrons. The predicted molar refractivity (Wildman–Crippen MR) is 108 cm³/mol. The summed E-state index contributed by atoms with van der Waals surface area (Å²) in [5.74, 6) is -0.278. The Morgan fingerprint density at radius 3 is 2.54 bits per heavy atom. The van der Waals surface area contributed by atoms with Gasteiger partial charge >= 0.3 is 11.6 Å². The van der Waals surface area contributed by atoms with E-state index in [0.29, 0.717) is 23.5 Å². The second-order valence-electron chi connectivity index (χ2n) is 7.17. The van der Waals surface area contributed by atoms with Crippen molar-refractivity contribution in [3.63, 3.8) is 0 Å². The molecular formula is C23H24O5. The quantitative estimate of drug-likeness (QED) is 0.631. The van der Waals surface area contributed by atoms with Crippen molar-refractivity contribution < 1.29 is 19.1 Å². The van der Waals surface area contributed by atoms with Crippen LogP contribution in [0.4, 0.5) is 0 Å². The van der Waals surface area contributed by atoms with E-state index < -0.39 is 11.6 Å². The highest BCUT2D eigenvalue weighted by Gasteiger charge is 2.16. The Bertz CT molecular complexity index is 1110. The van der Waals surface area contributed by atoms with Crippen molar-refractivity contribution in [2.75, 3.05) is 0 Å². The van der Waals surface area contributed by atoms with Gasteiger partial charge in [-0.3, -0.25) is 4.79 Å². The van der Waals surface area contributed by atoms with Crippen LogP contribution in [0.2, 0.25) is 0 Å². The highest BCUT2D eigenvalue weighted by molar-refractivity contribution is 5.85. The van der Waals surface area contributed by atoms with E-state index in [1.165, 1.54) is 5.56 Å². The third kappa shape index (κ3) is 3.93. The number of carboxylic acids is 1. The molecule has 3 rings (SSSR count). The maximum absolute atomic E-state index is 12.4. The topological polar surface area (TPSA) is 76.7 Å².